The van der Waals surface area contributed by atoms with Gasteiger partial charge < -0.3 is 10.2 Å². The predicted molar refractivity (Wildman–Crippen MR) is 73.2 cm³/mol. The molecule has 0 bridgehead atoms. The van der Waals surface area contributed by atoms with E-state index in [1.807, 2.05) is 0 Å². The molecule has 2 heterocycles. The summed E-state index contributed by atoms with van der Waals surface area (Å²) >= 11 is 5.76. The van der Waals surface area contributed by atoms with Crippen LogP contribution in [0.5, 0.6) is 0 Å². The molecule has 4 nitrogen and oxygen atoms in total. The Morgan fingerprint density at radius 3 is 2.62 bits per heavy atom. The Kier molecular flexibility index (Phi) is 4.92. The van der Waals surface area contributed by atoms with E-state index in [4.69, 9.17) is 11.6 Å². The molecule has 1 aromatic heterocycles. The van der Waals surface area contributed by atoms with Gasteiger partial charge in [-0.05, 0) is 18.9 Å². The highest BCUT2D eigenvalue weighted by Gasteiger charge is 2.31. The van der Waals surface area contributed by atoms with Gasteiger partial charge in [0.25, 0.3) is 0 Å². The molecule has 2 rings (SSSR count). The first-order chi connectivity index (χ1) is 9.88. The van der Waals surface area contributed by atoms with Crippen LogP contribution < -0.4 is 5.32 Å². The highest BCUT2D eigenvalue weighted by atomic mass is 35.5. The first-order valence-electron chi connectivity index (χ1n) is 6.62. The van der Waals surface area contributed by atoms with Crippen LogP contribution in [0.4, 0.5) is 19.0 Å². The predicted octanol–water partition coefficient (Wildman–Crippen LogP) is 3.18. The molecule has 1 fully saturated rings. The van der Waals surface area contributed by atoms with Gasteiger partial charge in [0, 0.05) is 32.3 Å². The van der Waals surface area contributed by atoms with Gasteiger partial charge in [0.2, 0.25) is 5.91 Å². The number of carbonyl (C=O) groups excluding carboxylic acids is 1. The van der Waals surface area contributed by atoms with Gasteiger partial charge in [-0.1, -0.05) is 11.6 Å². The number of hydrogen-bond acceptors (Lipinski definition) is 3. The number of rotatable bonds is 4. The number of hydrogen-bond donors (Lipinski definition) is 1. The fourth-order valence-corrected chi connectivity index (χ4v) is 2.37. The van der Waals surface area contributed by atoms with Gasteiger partial charge in [0.1, 0.15) is 5.82 Å². The third-order valence-electron chi connectivity index (χ3n) is 3.26. The van der Waals surface area contributed by atoms with E-state index >= 15 is 0 Å². The number of likely N-dealkylation sites (tertiary alicyclic amines) is 1. The van der Waals surface area contributed by atoms with Crippen LogP contribution in [0.15, 0.2) is 12.3 Å². The third-order valence-corrected chi connectivity index (χ3v) is 3.55. The van der Waals surface area contributed by atoms with Crippen molar-refractivity contribution in [2.45, 2.75) is 25.4 Å². The number of alkyl halides is 3. The second-order valence-electron chi connectivity index (χ2n) is 4.82. The molecule has 116 valence electrons. The second kappa shape index (κ2) is 6.51. The molecule has 0 aliphatic carbocycles. The maximum absolute atomic E-state index is 12.5. The summed E-state index contributed by atoms with van der Waals surface area (Å²) in [6.45, 7) is 1.84. The van der Waals surface area contributed by atoms with Crippen molar-refractivity contribution in [3.63, 3.8) is 0 Å². The SMILES string of the molecule is O=C(CCNc1ncc(C(F)(F)F)cc1Cl)N1CCCC1. The molecule has 0 unspecified atom stereocenters. The fraction of sp³-hybridized carbons (Fsp3) is 0.538. The van der Waals surface area contributed by atoms with E-state index in [0.29, 0.717) is 0 Å². The van der Waals surface area contributed by atoms with E-state index in [1.54, 1.807) is 4.90 Å². The number of aromatic nitrogens is 1. The van der Waals surface area contributed by atoms with Gasteiger partial charge in [-0.15, -0.1) is 0 Å². The molecule has 0 aromatic carbocycles. The molecule has 21 heavy (non-hydrogen) atoms. The summed E-state index contributed by atoms with van der Waals surface area (Å²) in [5, 5.41) is 2.68. The number of carbonyl (C=O) groups is 1. The maximum Gasteiger partial charge on any atom is 0.417 e. The number of nitrogens with one attached hydrogen (secondary N) is 1. The molecule has 8 heteroatoms. The van der Waals surface area contributed by atoms with Gasteiger partial charge in [-0.3, -0.25) is 4.79 Å². The van der Waals surface area contributed by atoms with Crippen LogP contribution in [0.1, 0.15) is 24.8 Å². The molecule has 0 saturated carbocycles. The van der Waals surface area contributed by atoms with Crippen LogP contribution in [0, 0.1) is 0 Å². The zero-order valence-electron chi connectivity index (χ0n) is 11.2. The molecule has 1 saturated heterocycles. The average molecular weight is 322 g/mol. The normalized spacial score (nSPS) is 15.3. The Labute approximate surface area is 125 Å². The summed E-state index contributed by atoms with van der Waals surface area (Å²) in [4.78, 5) is 17.2. The van der Waals surface area contributed by atoms with E-state index in [9.17, 15) is 18.0 Å². The molecule has 1 aliphatic rings. The zero-order valence-corrected chi connectivity index (χ0v) is 12.0. The van der Waals surface area contributed by atoms with Gasteiger partial charge in [-0.2, -0.15) is 13.2 Å². The minimum absolute atomic E-state index is 0.0306. The largest absolute Gasteiger partial charge is 0.417 e. The van der Waals surface area contributed by atoms with Crippen molar-refractivity contribution in [3.05, 3.63) is 22.8 Å². The van der Waals surface area contributed by atoms with Crippen molar-refractivity contribution in [2.24, 2.45) is 0 Å². The van der Waals surface area contributed by atoms with Crippen LogP contribution in [-0.4, -0.2) is 35.4 Å². The van der Waals surface area contributed by atoms with Crippen molar-refractivity contribution >= 4 is 23.3 Å². The first-order valence-corrected chi connectivity index (χ1v) is 7.00. The van der Waals surface area contributed by atoms with Crippen LogP contribution in [0.2, 0.25) is 5.02 Å². The Bertz CT molecular complexity index is 516. The number of pyridine rings is 1. The van der Waals surface area contributed by atoms with E-state index in [2.05, 4.69) is 10.3 Å². The Morgan fingerprint density at radius 2 is 2.05 bits per heavy atom. The number of halogens is 4. The quantitative estimate of drug-likeness (QED) is 0.926. The lowest BCUT2D eigenvalue weighted by Crippen LogP contribution is -2.29. The summed E-state index contributed by atoms with van der Waals surface area (Å²) in [6, 6.07) is 0.819. The zero-order chi connectivity index (χ0) is 15.5. The van der Waals surface area contributed by atoms with Gasteiger partial charge >= 0.3 is 6.18 Å². The summed E-state index contributed by atoms with van der Waals surface area (Å²) in [5.41, 5.74) is -0.897. The summed E-state index contributed by atoms with van der Waals surface area (Å²) < 4.78 is 37.4. The Balaban J connectivity index is 1.87. The highest BCUT2D eigenvalue weighted by Crippen LogP contribution is 2.32. The Hall–Kier alpha value is -1.50. The lowest BCUT2D eigenvalue weighted by atomic mass is 10.2. The fourth-order valence-electron chi connectivity index (χ4n) is 2.14. The topological polar surface area (TPSA) is 45.2 Å². The molecule has 0 spiro atoms. The third kappa shape index (κ3) is 4.23. The van der Waals surface area contributed by atoms with E-state index < -0.39 is 11.7 Å². The summed E-state index contributed by atoms with van der Waals surface area (Å²) in [7, 11) is 0. The number of nitrogens with zero attached hydrogens (tertiary/aromatic N) is 2. The molecule has 0 atom stereocenters. The van der Waals surface area contributed by atoms with E-state index in [-0.39, 0.29) is 29.7 Å². The average Bonchev–Trinajstić information content (AvgIpc) is 2.93. The summed E-state index contributed by atoms with van der Waals surface area (Å²) in [5.74, 6) is 0.182. The Morgan fingerprint density at radius 1 is 1.38 bits per heavy atom. The number of amides is 1. The van der Waals surface area contributed by atoms with Gasteiger partial charge in [-0.25, -0.2) is 4.98 Å². The summed E-state index contributed by atoms with van der Waals surface area (Å²) in [6.07, 6.45) is -1.45. The van der Waals surface area contributed by atoms with E-state index in [1.165, 1.54) is 0 Å². The molecule has 1 aromatic rings. The molecular formula is C13H15ClF3N3O. The van der Waals surface area contributed by atoms with Crippen LogP contribution >= 0.6 is 11.6 Å². The molecule has 0 radical (unpaired) electrons. The molecule has 1 amide bonds. The molecular weight excluding hydrogens is 307 g/mol. The maximum atomic E-state index is 12.5. The molecule has 1 N–H and O–H groups in total. The van der Waals surface area contributed by atoms with Crippen molar-refractivity contribution in [1.29, 1.82) is 0 Å². The standard InChI is InChI=1S/C13H15ClF3N3O/c14-10-7-9(13(15,16)17)8-19-12(10)18-4-3-11(21)20-5-1-2-6-20/h7-8H,1-6H2,(H,18,19). The minimum Gasteiger partial charge on any atom is -0.368 e. The van der Waals surface area contributed by atoms with Crippen LogP contribution in [-0.2, 0) is 11.0 Å². The smallest absolute Gasteiger partial charge is 0.368 e. The van der Waals surface area contributed by atoms with Crippen molar-refractivity contribution in [2.75, 3.05) is 25.0 Å². The van der Waals surface area contributed by atoms with Gasteiger partial charge in [0.15, 0.2) is 0 Å². The van der Waals surface area contributed by atoms with Gasteiger partial charge in [0.05, 0.1) is 10.6 Å². The second-order valence-corrected chi connectivity index (χ2v) is 5.22. The van der Waals surface area contributed by atoms with Crippen LogP contribution in [0.3, 0.4) is 0 Å². The monoisotopic (exact) mass is 321 g/mol. The molecule has 1 aliphatic heterocycles. The van der Waals surface area contributed by atoms with Crippen molar-refractivity contribution < 1.29 is 18.0 Å². The minimum atomic E-state index is -4.47. The highest BCUT2D eigenvalue weighted by molar-refractivity contribution is 6.32. The van der Waals surface area contributed by atoms with Crippen molar-refractivity contribution in [3.8, 4) is 0 Å². The van der Waals surface area contributed by atoms with Crippen molar-refractivity contribution in [1.82, 2.24) is 9.88 Å². The first kappa shape index (κ1) is 15.9. The van der Waals surface area contributed by atoms with E-state index in [0.717, 1.165) is 38.2 Å². The van der Waals surface area contributed by atoms with Crippen LogP contribution in [0.25, 0.3) is 0 Å². The lowest BCUT2D eigenvalue weighted by Gasteiger charge is -2.15. The number of anilines is 1. The lowest BCUT2D eigenvalue weighted by molar-refractivity contribution is -0.137.